The molecule has 1 aromatic heterocycles. The van der Waals surface area contributed by atoms with E-state index in [1.807, 2.05) is 0 Å². The van der Waals surface area contributed by atoms with Crippen molar-refractivity contribution in [2.24, 2.45) is 0 Å². The van der Waals surface area contributed by atoms with Gasteiger partial charge in [0.1, 0.15) is 5.69 Å². The smallest absolute Gasteiger partial charge is 0.197 e. The SMILES string of the molecule is Nc1nc(CC(=O)c2ccc(Cl)cc2)c(O)s1. The molecule has 88 valence electrons. The molecule has 0 radical (unpaired) electrons. The van der Waals surface area contributed by atoms with Crippen molar-refractivity contribution in [3.63, 3.8) is 0 Å². The first-order chi connectivity index (χ1) is 8.06. The van der Waals surface area contributed by atoms with Crippen molar-refractivity contribution in [3.05, 3.63) is 40.5 Å². The molecule has 6 heteroatoms. The molecule has 0 saturated carbocycles. The minimum absolute atomic E-state index is 0.00943. The molecule has 4 nitrogen and oxygen atoms in total. The van der Waals surface area contributed by atoms with Crippen LogP contribution in [0.15, 0.2) is 24.3 Å². The van der Waals surface area contributed by atoms with Crippen molar-refractivity contribution in [1.82, 2.24) is 4.98 Å². The van der Waals surface area contributed by atoms with Gasteiger partial charge in [-0.15, -0.1) is 0 Å². The van der Waals surface area contributed by atoms with Gasteiger partial charge < -0.3 is 10.8 Å². The number of halogens is 1. The summed E-state index contributed by atoms with van der Waals surface area (Å²) in [7, 11) is 0. The van der Waals surface area contributed by atoms with Crippen LogP contribution >= 0.6 is 22.9 Å². The average molecular weight is 269 g/mol. The zero-order valence-electron chi connectivity index (χ0n) is 8.68. The van der Waals surface area contributed by atoms with Crippen LogP contribution in [-0.4, -0.2) is 15.9 Å². The van der Waals surface area contributed by atoms with E-state index in [1.54, 1.807) is 24.3 Å². The summed E-state index contributed by atoms with van der Waals surface area (Å²) in [6, 6.07) is 6.56. The number of nitrogens with two attached hydrogens (primary N) is 1. The van der Waals surface area contributed by atoms with Gasteiger partial charge in [-0.2, -0.15) is 0 Å². The van der Waals surface area contributed by atoms with Crippen molar-refractivity contribution >= 4 is 33.9 Å². The fourth-order valence-electron chi connectivity index (χ4n) is 1.37. The van der Waals surface area contributed by atoms with E-state index < -0.39 is 0 Å². The molecule has 0 atom stereocenters. The fraction of sp³-hybridized carbons (Fsp3) is 0.0909. The Hall–Kier alpha value is -1.59. The van der Waals surface area contributed by atoms with Crippen molar-refractivity contribution in [3.8, 4) is 5.06 Å². The van der Waals surface area contributed by atoms with Crippen LogP contribution in [0.5, 0.6) is 5.06 Å². The molecule has 0 bridgehead atoms. The second-order valence-electron chi connectivity index (χ2n) is 3.41. The van der Waals surface area contributed by atoms with Gasteiger partial charge in [0.25, 0.3) is 0 Å². The van der Waals surface area contributed by atoms with Crippen LogP contribution in [0.25, 0.3) is 0 Å². The summed E-state index contributed by atoms with van der Waals surface area (Å²) < 4.78 is 0. The number of hydrogen-bond acceptors (Lipinski definition) is 5. The molecular weight excluding hydrogens is 260 g/mol. The summed E-state index contributed by atoms with van der Waals surface area (Å²) in [5.41, 5.74) is 6.27. The number of carbonyl (C=O) groups excluding carboxylic acids is 1. The highest BCUT2D eigenvalue weighted by Gasteiger charge is 2.14. The maximum Gasteiger partial charge on any atom is 0.197 e. The van der Waals surface area contributed by atoms with E-state index in [1.165, 1.54) is 0 Å². The third kappa shape index (κ3) is 2.75. The van der Waals surface area contributed by atoms with E-state index in [9.17, 15) is 9.90 Å². The lowest BCUT2D eigenvalue weighted by molar-refractivity contribution is 0.0991. The molecule has 2 aromatic rings. The number of anilines is 1. The molecule has 0 unspecified atom stereocenters. The van der Waals surface area contributed by atoms with Crippen LogP contribution in [0.3, 0.4) is 0 Å². The summed E-state index contributed by atoms with van der Waals surface area (Å²) in [6.07, 6.45) is 0.0289. The van der Waals surface area contributed by atoms with Crippen molar-refractivity contribution < 1.29 is 9.90 Å². The van der Waals surface area contributed by atoms with Crippen LogP contribution in [0.2, 0.25) is 5.02 Å². The van der Waals surface area contributed by atoms with Crippen LogP contribution in [0.4, 0.5) is 5.13 Å². The van der Waals surface area contributed by atoms with E-state index in [2.05, 4.69) is 4.98 Å². The zero-order chi connectivity index (χ0) is 12.4. The maximum absolute atomic E-state index is 11.9. The summed E-state index contributed by atoms with van der Waals surface area (Å²) in [4.78, 5) is 15.7. The molecule has 1 aromatic carbocycles. The van der Waals surface area contributed by atoms with E-state index in [0.717, 1.165) is 11.3 Å². The van der Waals surface area contributed by atoms with Gasteiger partial charge in [-0.1, -0.05) is 22.9 Å². The van der Waals surface area contributed by atoms with E-state index in [4.69, 9.17) is 17.3 Å². The van der Waals surface area contributed by atoms with E-state index in [0.29, 0.717) is 16.3 Å². The minimum atomic E-state index is -0.137. The average Bonchev–Trinajstić information content (AvgIpc) is 2.58. The molecule has 3 N–H and O–H groups in total. The Labute approximate surface area is 107 Å². The lowest BCUT2D eigenvalue weighted by atomic mass is 10.1. The Kier molecular flexibility index (Phi) is 3.31. The van der Waals surface area contributed by atoms with Crippen LogP contribution in [-0.2, 0) is 6.42 Å². The first kappa shape index (κ1) is 11.9. The Morgan fingerprint density at radius 3 is 2.59 bits per heavy atom. The Balaban J connectivity index is 2.17. The number of carbonyl (C=O) groups is 1. The monoisotopic (exact) mass is 268 g/mol. The number of nitrogen functional groups attached to an aromatic ring is 1. The Morgan fingerprint density at radius 1 is 1.41 bits per heavy atom. The molecule has 0 fully saturated rings. The predicted molar refractivity (Wildman–Crippen MR) is 67.7 cm³/mol. The molecule has 0 saturated heterocycles. The van der Waals surface area contributed by atoms with Gasteiger partial charge in [-0.3, -0.25) is 4.79 Å². The number of aromatic hydroxyl groups is 1. The highest BCUT2D eigenvalue weighted by atomic mass is 35.5. The van der Waals surface area contributed by atoms with E-state index >= 15 is 0 Å². The predicted octanol–water partition coefficient (Wildman–Crippen LogP) is 2.51. The van der Waals surface area contributed by atoms with Crippen LogP contribution < -0.4 is 5.73 Å². The quantitative estimate of drug-likeness (QED) is 0.839. The molecule has 1 heterocycles. The molecule has 0 amide bonds. The molecule has 0 aliphatic heterocycles. The number of rotatable bonds is 3. The Bertz CT molecular complexity index is 551. The van der Waals surface area contributed by atoms with Gasteiger partial charge in [-0.25, -0.2) is 4.98 Å². The second-order valence-corrected chi connectivity index (χ2v) is 4.86. The third-order valence-corrected chi connectivity index (χ3v) is 3.17. The first-order valence-electron chi connectivity index (χ1n) is 4.79. The van der Waals surface area contributed by atoms with Crippen LogP contribution in [0, 0.1) is 0 Å². The standard InChI is InChI=1S/C11H9ClN2O2S/c12-7-3-1-6(2-4-7)9(15)5-8-10(16)17-11(13)14-8/h1-4,16H,5H2,(H2,13,14). The summed E-state index contributed by atoms with van der Waals surface area (Å²) in [5.74, 6) is -0.137. The van der Waals surface area contributed by atoms with Crippen molar-refractivity contribution in [2.45, 2.75) is 6.42 Å². The second kappa shape index (κ2) is 4.73. The van der Waals surface area contributed by atoms with Crippen molar-refractivity contribution in [1.29, 1.82) is 0 Å². The highest BCUT2D eigenvalue weighted by molar-refractivity contribution is 7.17. The van der Waals surface area contributed by atoms with Gasteiger partial charge in [-0.05, 0) is 24.3 Å². The molecule has 2 rings (SSSR count). The maximum atomic E-state index is 11.9. The van der Waals surface area contributed by atoms with Gasteiger partial charge >= 0.3 is 0 Å². The molecule has 0 spiro atoms. The van der Waals surface area contributed by atoms with Gasteiger partial charge in [0.2, 0.25) is 0 Å². The van der Waals surface area contributed by atoms with Gasteiger partial charge in [0, 0.05) is 10.6 Å². The topological polar surface area (TPSA) is 76.2 Å². The molecule has 17 heavy (non-hydrogen) atoms. The summed E-state index contributed by atoms with van der Waals surface area (Å²) in [5, 5.41) is 10.3. The lowest BCUT2D eigenvalue weighted by Crippen LogP contribution is -2.04. The normalized spacial score (nSPS) is 10.4. The van der Waals surface area contributed by atoms with Gasteiger partial charge in [0.15, 0.2) is 16.0 Å². The number of Topliss-reactive ketones (excluding diaryl/α,β-unsaturated/α-hetero) is 1. The largest absolute Gasteiger partial charge is 0.498 e. The number of ketones is 1. The number of hydrogen-bond donors (Lipinski definition) is 2. The number of nitrogens with zero attached hydrogens (tertiary/aromatic N) is 1. The Morgan fingerprint density at radius 2 is 2.06 bits per heavy atom. The number of thiazole rings is 1. The highest BCUT2D eigenvalue weighted by Crippen LogP contribution is 2.28. The van der Waals surface area contributed by atoms with Crippen molar-refractivity contribution in [2.75, 3.05) is 5.73 Å². The molecular formula is C11H9ClN2O2S. The summed E-state index contributed by atoms with van der Waals surface area (Å²) >= 11 is 6.68. The summed E-state index contributed by atoms with van der Waals surface area (Å²) in [6.45, 7) is 0. The fourth-order valence-corrected chi connectivity index (χ4v) is 2.08. The van der Waals surface area contributed by atoms with Crippen LogP contribution in [0.1, 0.15) is 16.1 Å². The molecule has 0 aliphatic rings. The first-order valence-corrected chi connectivity index (χ1v) is 5.98. The zero-order valence-corrected chi connectivity index (χ0v) is 10.3. The van der Waals surface area contributed by atoms with Gasteiger partial charge in [0.05, 0.1) is 6.42 Å². The minimum Gasteiger partial charge on any atom is -0.498 e. The lowest BCUT2D eigenvalue weighted by Gasteiger charge is -1.99. The van der Waals surface area contributed by atoms with E-state index in [-0.39, 0.29) is 22.4 Å². The molecule has 0 aliphatic carbocycles. The number of aromatic nitrogens is 1. The number of benzene rings is 1. The third-order valence-electron chi connectivity index (χ3n) is 2.19.